The van der Waals surface area contributed by atoms with Crippen LogP contribution in [-0.4, -0.2) is 80.3 Å². The van der Waals surface area contributed by atoms with E-state index in [0.29, 0.717) is 31.4 Å². The monoisotopic (exact) mass is 1290 g/mol. The Kier molecular flexibility index (Phi) is 53.7. The van der Waals surface area contributed by atoms with Gasteiger partial charge < -0.3 is 53.4 Å². The standard InChI is InChI=1S/C76H140O11P2/c1-5-9-13-17-21-23-25-27-29-31-33-35-37-41-45-53-61-76(75(65-79,66-80)68-84-88(81)82,62-54-46-42-38-36-34-32-30-28-26-24-22-18-14-10-6-2)87-89(83)85-67-74(63-77,64-78)73(71-59-51-49-56-69(71)55-47-43-39-19-15-11-7-3)86-72-60-52-50-58-70(72)57-48-44-40-20-16-12-8-4/h49-52,56,58-60,73,77-83H,5-48,53-55,57,61-68H2,1-4H3. The predicted octanol–water partition coefficient (Wildman–Crippen LogP) is 21.9. The molecule has 0 aliphatic rings. The van der Waals surface area contributed by atoms with Crippen molar-refractivity contribution < 1.29 is 53.4 Å². The van der Waals surface area contributed by atoms with Gasteiger partial charge in [0, 0.05) is 0 Å². The molecule has 7 N–H and O–H groups in total. The zero-order valence-electron chi connectivity index (χ0n) is 58.0. The Balaban J connectivity index is 2.46. The third kappa shape index (κ3) is 37.6. The number of benzene rings is 2. The second-order valence-corrected chi connectivity index (χ2v) is 28.7. The SMILES string of the molecule is CCCCCCCCCCCCCCCCCCC(CCCCCCCCCCCCCCCCCC)(OP(O)OCC(CO)(CO)C(Oc1ccccc1CCCCCCCCC)c1ccccc1CCCCCCCCC)C(CO)(CO)COP(O)O. The highest BCUT2D eigenvalue weighted by Crippen LogP contribution is 2.54. The van der Waals surface area contributed by atoms with Crippen LogP contribution in [0.25, 0.3) is 0 Å². The minimum atomic E-state index is -2.85. The van der Waals surface area contributed by atoms with Crippen molar-refractivity contribution in [2.45, 2.75) is 360 Å². The molecule has 0 fully saturated rings. The van der Waals surface area contributed by atoms with Gasteiger partial charge in [0.2, 0.25) is 0 Å². The van der Waals surface area contributed by atoms with Crippen LogP contribution < -0.4 is 4.74 Å². The van der Waals surface area contributed by atoms with Crippen LogP contribution in [0.15, 0.2) is 48.5 Å². The fourth-order valence-corrected chi connectivity index (χ4v) is 14.7. The molecule has 89 heavy (non-hydrogen) atoms. The fourth-order valence-electron chi connectivity index (χ4n) is 13.3. The lowest BCUT2D eigenvalue weighted by Crippen LogP contribution is -2.57. The van der Waals surface area contributed by atoms with Crippen LogP contribution >= 0.6 is 17.2 Å². The summed E-state index contributed by atoms with van der Waals surface area (Å²) in [5, 5.41) is 46.5. The van der Waals surface area contributed by atoms with Crippen molar-refractivity contribution in [3.05, 3.63) is 65.2 Å². The lowest BCUT2D eigenvalue weighted by atomic mass is 9.68. The van der Waals surface area contributed by atoms with Gasteiger partial charge in [-0.1, -0.05) is 353 Å². The maximum Gasteiger partial charge on any atom is 0.330 e. The van der Waals surface area contributed by atoms with Gasteiger partial charge in [0.05, 0.1) is 56.1 Å². The molecule has 2 unspecified atom stereocenters. The molecule has 0 amide bonds. The number of hydrogen-bond donors (Lipinski definition) is 7. The molecule has 0 heterocycles. The topological polar surface area (TPSA) is 179 Å². The summed E-state index contributed by atoms with van der Waals surface area (Å²) in [4.78, 5) is 32.8. The first kappa shape index (κ1) is 83.8. The highest BCUT2D eigenvalue weighted by atomic mass is 31.2. The van der Waals surface area contributed by atoms with E-state index in [1.807, 2.05) is 36.4 Å². The molecule has 0 saturated carbocycles. The van der Waals surface area contributed by atoms with Crippen LogP contribution in [-0.2, 0) is 26.4 Å². The van der Waals surface area contributed by atoms with Crippen LogP contribution in [0, 0.1) is 10.8 Å². The van der Waals surface area contributed by atoms with Crippen molar-refractivity contribution in [3.8, 4) is 5.75 Å². The van der Waals surface area contributed by atoms with Gasteiger partial charge in [0.25, 0.3) is 0 Å². The Morgan fingerprint density at radius 3 is 1.04 bits per heavy atom. The summed E-state index contributed by atoms with van der Waals surface area (Å²) in [6.07, 6.45) is 56.7. The van der Waals surface area contributed by atoms with Gasteiger partial charge in [-0.05, 0) is 61.3 Å². The van der Waals surface area contributed by atoms with Crippen molar-refractivity contribution >= 4 is 17.2 Å². The van der Waals surface area contributed by atoms with Gasteiger partial charge in [-0.3, -0.25) is 0 Å². The molecular formula is C76H140O11P2. The molecule has 0 bridgehead atoms. The van der Waals surface area contributed by atoms with Gasteiger partial charge in [0.15, 0.2) is 0 Å². The normalized spacial score (nSPS) is 13.1. The van der Waals surface area contributed by atoms with Crippen LogP contribution in [0.3, 0.4) is 0 Å². The molecule has 0 aliphatic carbocycles. The first-order valence-corrected chi connectivity index (χ1v) is 39.8. The highest BCUT2D eigenvalue weighted by Gasteiger charge is 2.54. The van der Waals surface area contributed by atoms with Gasteiger partial charge in [-0.25, -0.2) is 0 Å². The van der Waals surface area contributed by atoms with Gasteiger partial charge in [-0.15, -0.1) is 0 Å². The average molecular weight is 1290 g/mol. The van der Waals surface area contributed by atoms with Crippen molar-refractivity contribution in [1.29, 1.82) is 0 Å². The molecule has 0 aromatic heterocycles. The molecule has 2 rings (SSSR count). The van der Waals surface area contributed by atoms with Crippen molar-refractivity contribution in [2.75, 3.05) is 39.6 Å². The molecule has 0 aliphatic heterocycles. The number of ether oxygens (including phenoxy) is 1. The van der Waals surface area contributed by atoms with Crippen molar-refractivity contribution in [2.24, 2.45) is 10.8 Å². The van der Waals surface area contributed by atoms with E-state index in [1.165, 1.54) is 218 Å². The third-order valence-electron chi connectivity index (χ3n) is 19.5. The number of aryl methyl sites for hydroxylation is 2. The van der Waals surface area contributed by atoms with Crippen molar-refractivity contribution in [1.82, 2.24) is 0 Å². The second-order valence-electron chi connectivity index (χ2n) is 27.1. The predicted molar refractivity (Wildman–Crippen MR) is 377 cm³/mol. The molecule has 2 aromatic carbocycles. The van der Waals surface area contributed by atoms with E-state index in [9.17, 15) is 35.1 Å². The zero-order valence-corrected chi connectivity index (χ0v) is 59.7. The minimum absolute atomic E-state index is 0.340. The Labute approximate surface area is 549 Å². The summed E-state index contributed by atoms with van der Waals surface area (Å²) in [5.41, 5.74) is -1.46. The van der Waals surface area contributed by atoms with Gasteiger partial charge in [0.1, 0.15) is 11.9 Å². The summed E-state index contributed by atoms with van der Waals surface area (Å²) in [6, 6.07) is 16.3. The Bertz CT molecular complexity index is 1810. The number of hydrogen-bond acceptors (Lipinski definition) is 11. The number of aliphatic hydroxyl groups is 4. The average Bonchev–Trinajstić information content (AvgIpc) is 1.70. The van der Waals surface area contributed by atoms with Crippen LogP contribution in [0.2, 0.25) is 0 Å². The molecule has 520 valence electrons. The van der Waals surface area contributed by atoms with E-state index in [4.69, 9.17) is 18.3 Å². The van der Waals surface area contributed by atoms with E-state index in [0.717, 1.165) is 93.7 Å². The summed E-state index contributed by atoms with van der Waals surface area (Å²) in [5.74, 6) is 0.683. The highest BCUT2D eigenvalue weighted by molar-refractivity contribution is 7.40. The molecular weight excluding hydrogens is 1150 g/mol. The number of rotatable bonds is 67. The Morgan fingerprint density at radius 1 is 0.360 bits per heavy atom. The van der Waals surface area contributed by atoms with E-state index in [2.05, 4.69) is 39.8 Å². The van der Waals surface area contributed by atoms with Gasteiger partial charge in [-0.2, -0.15) is 0 Å². The smallest absolute Gasteiger partial charge is 0.330 e. The fraction of sp³-hybridized carbons (Fsp3) is 0.842. The van der Waals surface area contributed by atoms with E-state index in [-0.39, 0.29) is 6.61 Å². The summed E-state index contributed by atoms with van der Waals surface area (Å²) in [6.45, 7) is 5.99. The zero-order chi connectivity index (χ0) is 64.6. The Hall–Kier alpha value is -1.30. The lowest BCUT2D eigenvalue weighted by Gasteiger charge is -2.49. The van der Waals surface area contributed by atoms with Crippen LogP contribution in [0.1, 0.15) is 359 Å². The quantitative estimate of drug-likeness (QED) is 0.0248. The maximum atomic E-state index is 12.4. The molecule has 11 nitrogen and oxygen atoms in total. The third-order valence-corrected chi connectivity index (χ3v) is 20.7. The first-order valence-electron chi connectivity index (χ1n) is 37.5. The first-order chi connectivity index (χ1) is 43.6. The molecule has 13 heteroatoms. The van der Waals surface area contributed by atoms with Crippen LogP contribution in [0.4, 0.5) is 0 Å². The lowest BCUT2D eigenvalue weighted by molar-refractivity contribution is -0.151. The molecule has 0 radical (unpaired) electrons. The number of para-hydroxylation sites is 1. The largest absolute Gasteiger partial charge is 0.485 e. The second kappa shape index (κ2) is 57.0. The van der Waals surface area contributed by atoms with Crippen LogP contribution in [0.5, 0.6) is 5.75 Å². The maximum absolute atomic E-state index is 12.4. The molecule has 0 saturated heterocycles. The Morgan fingerprint density at radius 2 is 0.685 bits per heavy atom. The van der Waals surface area contributed by atoms with E-state index >= 15 is 0 Å². The van der Waals surface area contributed by atoms with E-state index in [1.54, 1.807) is 0 Å². The minimum Gasteiger partial charge on any atom is -0.485 e. The molecule has 0 spiro atoms. The number of aliphatic hydroxyl groups excluding tert-OH is 4. The summed E-state index contributed by atoms with van der Waals surface area (Å²) in [7, 11) is -5.66. The summed E-state index contributed by atoms with van der Waals surface area (Å²) < 4.78 is 26.2. The molecule has 2 aromatic rings. The van der Waals surface area contributed by atoms with Gasteiger partial charge >= 0.3 is 17.2 Å². The molecule has 2 atom stereocenters. The van der Waals surface area contributed by atoms with E-state index < -0.39 is 72.8 Å². The van der Waals surface area contributed by atoms with Crippen molar-refractivity contribution in [3.63, 3.8) is 0 Å². The summed E-state index contributed by atoms with van der Waals surface area (Å²) >= 11 is 0. The number of unbranched alkanes of at least 4 members (excludes halogenated alkanes) is 42.